The van der Waals surface area contributed by atoms with Crippen molar-refractivity contribution in [3.63, 3.8) is 0 Å². The van der Waals surface area contributed by atoms with Gasteiger partial charge in [-0.3, -0.25) is 0 Å². The maximum absolute atomic E-state index is 9.10. The summed E-state index contributed by atoms with van der Waals surface area (Å²) < 4.78 is 0.946. The zero-order valence-corrected chi connectivity index (χ0v) is 11.4. The molecule has 0 saturated carbocycles. The molecule has 0 aliphatic rings. The molecule has 88 valence electrons. The fourth-order valence-electron chi connectivity index (χ4n) is 1.60. The maximum Gasteiger partial charge on any atom is 0.0692 e. The van der Waals surface area contributed by atoms with E-state index < -0.39 is 0 Å². The molecular weight excluding hydrogens is 266 g/mol. The van der Waals surface area contributed by atoms with E-state index in [1.54, 1.807) is 0 Å². The van der Waals surface area contributed by atoms with E-state index in [1.807, 2.05) is 24.3 Å². The Morgan fingerprint density at radius 3 is 2.62 bits per heavy atom. The third kappa shape index (κ3) is 3.09. The molecule has 0 aliphatic heterocycles. The second-order valence-electron chi connectivity index (χ2n) is 3.97. The number of halogens is 1. The minimum atomic E-state index is 0.0595. The largest absolute Gasteiger partial charge is 0.392 e. The van der Waals surface area contributed by atoms with Crippen LogP contribution >= 0.6 is 15.9 Å². The summed E-state index contributed by atoms with van der Waals surface area (Å²) in [6.45, 7) is 8.95. The number of rotatable bonds is 5. The number of hydrogen-bond acceptors (Lipinski definition) is 2. The SMILES string of the molecule is C=CCN(c1ccc(CO)c(Br)c1)C(C)C. The van der Waals surface area contributed by atoms with Gasteiger partial charge in [-0.25, -0.2) is 0 Å². The molecule has 0 saturated heterocycles. The van der Waals surface area contributed by atoms with Gasteiger partial charge in [0.25, 0.3) is 0 Å². The molecule has 0 bridgehead atoms. The fourth-order valence-corrected chi connectivity index (χ4v) is 2.09. The predicted octanol–water partition coefficient (Wildman–Crippen LogP) is 3.34. The highest BCUT2D eigenvalue weighted by molar-refractivity contribution is 9.10. The number of hydrogen-bond donors (Lipinski definition) is 1. The quantitative estimate of drug-likeness (QED) is 0.838. The Labute approximate surface area is 106 Å². The van der Waals surface area contributed by atoms with Crippen molar-refractivity contribution in [1.29, 1.82) is 0 Å². The number of benzene rings is 1. The van der Waals surface area contributed by atoms with Gasteiger partial charge in [-0.1, -0.05) is 28.1 Å². The minimum Gasteiger partial charge on any atom is -0.392 e. The summed E-state index contributed by atoms with van der Waals surface area (Å²) in [6.07, 6.45) is 1.90. The van der Waals surface area contributed by atoms with Gasteiger partial charge in [0.1, 0.15) is 0 Å². The summed E-state index contributed by atoms with van der Waals surface area (Å²) in [5.74, 6) is 0. The molecule has 0 heterocycles. The van der Waals surface area contributed by atoms with Gasteiger partial charge in [0, 0.05) is 22.7 Å². The van der Waals surface area contributed by atoms with Gasteiger partial charge < -0.3 is 10.0 Å². The summed E-state index contributed by atoms with van der Waals surface area (Å²) in [5, 5.41) is 9.10. The van der Waals surface area contributed by atoms with Crippen LogP contribution in [0.5, 0.6) is 0 Å². The van der Waals surface area contributed by atoms with E-state index in [-0.39, 0.29) is 6.61 Å². The first-order chi connectivity index (χ1) is 7.60. The molecule has 0 spiro atoms. The van der Waals surface area contributed by atoms with Gasteiger partial charge in [-0.05, 0) is 31.5 Å². The van der Waals surface area contributed by atoms with E-state index in [9.17, 15) is 0 Å². The van der Waals surface area contributed by atoms with Gasteiger partial charge in [0.05, 0.1) is 6.61 Å². The Morgan fingerprint density at radius 1 is 1.50 bits per heavy atom. The predicted molar refractivity (Wildman–Crippen MR) is 72.7 cm³/mol. The van der Waals surface area contributed by atoms with Gasteiger partial charge in [-0.15, -0.1) is 6.58 Å². The zero-order chi connectivity index (χ0) is 12.1. The molecule has 2 nitrogen and oxygen atoms in total. The zero-order valence-electron chi connectivity index (χ0n) is 9.78. The highest BCUT2D eigenvalue weighted by Crippen LogP contribution is 2.25. The lowest BCUT2D eigenvalue weighted by Crippen LogP contribution is -2.30. The molecule has 0 aliphatic carbocycles. The first-order valence-corrected chi connectivity index (χ1v) is 6.16. The third-order valence-corrected chi connectivity index (χ3v) is 3.23. The Bertz CT molecular complexity index is 363. The first kappa shape index (κ1) is 13.3. The van der Waals surface area contributed by atoms with Crippen molar-refractivity contribution >= 4 is 21.6 Å². The molecule has 0 radical (unpaired) electrons. The van der Waals surface area contributed by atoms with Crippen LogP contribution in [0.15, 0.2) is 35.3 Å². The van der Waals surface area contributed by atoms with Crippen LogP contribution in [0.2, 0.25) is 0 Å². The van der Waals surface area contributed by atoms with Crippen LogP contribution in [0.1, 0.15) is 19.4 Å². The molecule has 1 aromatic rings. The van der Waals surface area contributed by atoms with Crippen LogP contribution in [0.4, 0.5) is 5.69 Å². The third-order valence-electron chi connectivity index (χ3n) is 2.49. The van der Waals surface area contributed by atoms with Crippen LogP contribution in [-0.4, -0.2) is 17.7 Å². The Balaban J connectivity index is 3.01. The van der Waals surface area contributed by atoms with Crippen molar-refractivity contribution in [1.82, 2.24) is 0 Å². The van der Waals surface area contributed by atoms with E-state index in [4.69, 9.17) is 5.11 Å². The molecule has 0 amide bonds. The van der Waals surface area contributed by atoms with Crippen molar-refractivity contribution in [2.45, 2.75) is 26.5 Å². The van der Waals surface area contributed by atoms with E-state index in [0.717, 1.165) is 22.3 Å². The standard InChI is InChI=1S/C13H18BrNO/c1-4-7-15(10(2)3)12-6-5-11(9-16)13(14)8-12/h4-6,8,10,16H,1,7,9H2,2-3H3. The van der Waals surface area contributed by atoms with Crippen LogP contribution in [-0.2, 0) is 6.61 Å². The second-order valence-corrected chi connectivity index (χ2v) is 4.82. The average Bonchev–Trinajstić information content (AvgIpc) is 2.25. The van der Waals surface area contributed by atoms with Crippen molar-refractivity contribution in [3.8, 4) is 0 Å². The van der Waals surface area contributed by atoms with E-state index in [2.05, 4.69) is 41.3 Å². The van der Waals surface area contributed by atoms with Crippen molar-refractivity contribution in [2.24, 2.45) is 0 Å². The van der Waals surface area contributed by atoms with Gasteiger partial charge >= 0.3 is 0 Å². The Kier molecular flexibility index (Phi) is 5.03. The lowest BCUT2D eigenvalue weighted by molar-refractivity contribution is 0.281. The van der Waals surface area contributed by atoms with Crippen molar-refractivity contribution < 1.29 is 5.11 Å². The molecule has 0 atom stereocenters. The summed E-state index contributed by atoms with van der Waals surface area (Å²) in [5.41, 5.74) is 2.05. The molecular formula is C13H18BrNO. The average molecular weight is 284 g/mol. The van der Waals surface area contributed by atoms with Crippen LogP contribution in [0, 0.1) is 0 Å². The highest BCUT2D eigenvalue weighted by Gasteiger charge is 2.10. The van der Waals surface area contributed by atoms with Gasteiger partial charge in [0.2, 0.25) is 0 Å². The molecule has 1 N–H and O–H groups in total. The number of anilines is 1. The van der Waals surface area contributed by atoms with E-state index in [0.29, 0.717) is 6.04 Å². The molecule has 0 fully saturated rings. The van der Waals surface area contributed by atoms with Gasteiger partial charge in [0.15, 0.2) is 0 Å². The lowest BCUT2D eigenvalue weighted by Gasteiger charge is -2.28. The van der Waals surface area contributed by atoms with Crippen LogP contribution in [0.3, 0.4) is 0 Å². The second kappa shape index (κ2) is 6.06. The van der Waals surface area contributed by atoms with Gasteiger partial charge in [-0.2, -0.15) is 0 Å². The number of aliphatic hydroxyl groups is 1. The van der Waals surface area contributed by atoms with E-state index in [1.165, 1.54) is 0 Å². The summed E-state index contributed by atoms with van der Waals surface area (Å²) in [6, 6.07) is 6.43. The molecule has 3 heteroatoms. The lowest BCUT2D eigenvalue weighted by atomic mass is 10.2. The first-order valence-electron chi connectivity index (χ1n) is 5.37. The topological polar surface area (TPSA) is 23.5 Å². The minimum absolute atomic E-state index is 0.0595. The smallest absolute Gasteiger partial charge is 0.0692 e. The van der Waals surface area contributed by atoms with E-state index >= 15 is 0 Å². The summed E-state index contributed by atoms with van der Waals surface area (Å²) in [4.78, 5) is 2.25. The number of aliphatic hydroxyl groups excluding tert-OH is 1. The monoisotopic (exact) mass is 283 g/mol. The highest BCUT2D eigenvalue weighted by atomic mass is 79.9. The molecule has 16 heavy (non-hydrogen) atoms. The maximum atomic E-state index is 9.10. The molecule has 0 aromatic heterocycles. The van der Waals surface area contributed by atoms with Crippen LogP contribution in [0.25, 0.3) is 0 Å². The summed E-state index contributed by atoms with van der Waals surface area (Å²) >= 11 is 3.46. The fraction of sp³-hybridized carbons (Fsp3) is 0.385. The Hall–Kier alpha value is -0.800. The normalized spacial score (nSPS) is 10.6. The molecule has 1 aromatic carbocycles. The van der Waals surface area contributed by atoms with Crippen LogP contribution < -0.4 is 4.90 Å². The molecule has 0 unspecified atom stereocenters. The molecule has 1 rings (SSSR count). The van der Waals surface area contributed by atoms with Crippen molar-refractivity contribution in [3.05, 3.63) is 40.9 Å². The number of nitrogens with zero attached hydrogens (tertiary/aromatic N) is 1. The Morgan fingerprint density at radius 2 is 2.19 bits per heavy atom. The summed E-state index contributed by atoms with van der Waals surface area (Å²) in [7, 11) is 0. The van der Waals surface area contributed by atoms with Crippen molar-refractivity contribution in [2.75, 3.05) is 11.4 Å².